The van der Waals surface area contributed by atoms with Gasteiger partial charge in [0.1, 0.15) is 0 Å². The molecule has 0 radical (unpaired) electrons. The van der Waals surface area contributed by atoms with Gasteiger partial charge in [-0.1, -0.05) is 35.3 Å². The van der Waals surface area contributed by atoms with Crippen LogP contribution in [-0.2, 0) is 14.8 Å². The number of carbonyl (C=O) groups excluding carboxylic acids is 1. The molecule has 0 saturated carbocycles. The van der Waals surface area contributed by atoms with Crippen LogP contribution < -0.4 is 5.32 Å². The van der Waals surface area contributed by atoms with E-state index < -0.39 is 10.0 Å². The summed E-state index contributed by atoms with van der Waals surface area (Å²) in [7, 11) is -0.662. The molecule has 9 heteroatoms. The van der Waals surface area contributed by atoms with Crippen molar-refractivity contribution in [1.29, 1.82) is 0 Å². The predicted octanol–water partition coefficient (Wildman–Crippen LogP) is 3.97. The molecule has 0 unspecified atom stereocenters. The van der Waals surface area contributed by atoms with Gasteiger partial charge in [-0.2, -0.15) is 0 Å². The van der Waals surface area contributed by atoms with Gasteiger partial charge in [-0.25, -0.2) is 12.7 Å². The smallest absolute Gasteiger partial charge is 0.242 e. The number of halogens is 2. The van der Waals surface area contributed by atoms with Crippen molar-refractivity contribution in [2.75, 3.05) is 25.2 Å². The molecule has 1 N–H and O–H groups in total. The Hall–Kier alpha value is -1.25. The van der Waals surface area contributed by atoms with E-state index in [-0.39, 0.29) is 16.6 Å². The van der Waals surface area contributed by atoms with E-state index in [4.69, 9.17) is 23.2 Å². The van der Waals surface area contributed by atoms with Crippen LogP contribution in [0, 0.1) is 0 Å². The summed E-state index contributed by atoms with van der Waals surface area (Å²) in [5.41, 5.74) is 0.402. The van der Waals surface area contributed by atoms with Crippen LogP contribution >= 0.6 is 35.0 Å². The second kappa shape index (κ2) is 8.42. The Bertz CT molecular complexity index is 866. The first-order valence-corrected chi connectivity index (χ1v) is 10.3. The van der Waals surface area contributed by atoms with Gasteiger partial charge in [0.25, 0.3) is 0 Å². The normalized spacial score (nSPS) is 11.6. The Morgan fingerprint density at radius 1 is 1.12 bits per heavy atom. The predicted molar refractivity (Wildman–Crippen MR) is 103 cm³/mol. The maximum atomic E-state index is 12.1. The van der Waals surface area contributed by atoms with Gasteiger partial charge in [0.15, 0.2) is 0 Å². The summed E-state index contributed by atoms with van der Waals surface area (Å²) in [4.78, 5) is 12.9. The summed E-state index contributed by atoms with van der Waals surface area (Å²) in [5.74, 6) is -0.200. The number of nitrogens with one attached hydrogen (secondary N) is 1. The minimum atomic E-state index is -3.56. The van der Waals surface area contributed by atoms with Crippen LogP contribution in [0.1, 0.15) is 0 Å². The monoisotopic (exact) mass is 418 g/mol. The lowest BCUT2D eigenvalue weighted by Gasteiger charge is -2.13. The van der Waals surface area contributed by atoms with Gasteiger partial charge in [-0.15, -0.1) is 11.8 Å². The SMILES string of the molecule is CN(C)S(=O)(=O)c1cccc(NC(=O)CSc2c(Cl)cccc2Cl)c1. The fraction of sp³-hybridized carbons (Fsp3) is 0.188. The van der Waals surface area contributed by atoms with Crippen molar-refractivity contribution in [2.24, 2.45) is 0 Å². The van der Waals surface area contributed by atoms with Crippen molar-refractivity contribution in [3.05, 3.63) is 52.5 Å². The van der Waals surface area contributed by atoms with Crippen molar-refractivity contribution >= 4 is 56.6 Å². The fourth-order valence-electron chi connectivity index (χ4n) is 1.90. The van der Waals surface area contributed by atoms with Crippen LogP contribution in [0.25, 0.3) is 0 Å². The number of amides is 1. The van der Waals surface area contributed by atoms with Crippen molar-refractivity contribution in [2.45, 2.75) is 9.79 Å². The Kier molecular flexibility index (Phi) is 6.76. The van der Waals surface area contributed by atoms with E-state index in [9.17, 15) is 13.2 Å². The molecule has 25 heavy (non-hydrogen) atoms. The van der Waals surface area contributed by atoms with E-state index in [1.807, 2.05) is 0 Å². The zero-order valence-electron chi connectivity index (χ0n) is 13.5. The molecular formula is C16H16Cl2N2O3S2. The molecule has 2 aromatic rings. The molecule has 0 aromatic heterocycles. The molecule has 1 amide bonds. The molecule has 0 saturated heterocycles. The molecule has 0 spiro atoms. The highest BCUT2D eigenvalue weighted by Gasteiger charge is 2.17. The van der Waals surface area contributed by atoms with Gasteiger partial charge in [0.05, 0.1) is 20.7 Å². The first-order chi connectivity index (χ1) is 11.7. The minimum Gasteiger partial charge on any atom is -0.325 e. The number of hydrogen-bond donors (Lipinski definition) is 1. The lowest BCUT2D eigenvalue weighted by Crippen LogP contribution is -2.22. The largest absolute Gasteiger partial charge is 0.325 e. The van der Waals surface area contributed by atoms with Crippen LogP contribution in [0.4, 0.5) is 5.69 Å². The highest BCUT2D eigenvalue weighted by molar-refractivity contribution is 8.00. The summed E-state index contributed by atoms with van der Waals surface area (Å²) >= 11 is 13.3. The number of anilines is 1. The summed E-state index contributed by atoms with van der Waals surface area (Å²) in [6.07, 6.45) is 0. The van der Waals surface area contributed by atoms with Gasteiger partial charge < -0.3 is 5.32 Å². The zero-order chi connectivity index (χ0) is 18.6. The Morgan fingerprint density at radius 2 is 1.72 bits per heavy atom. The molecule has 0 bridgehead atoms. The lowest BCUT2D eigenvalue weighted by molar-refractivity contribution is -0.113. The zero-order valence-corrected chi connectivity index (χ0v) is 16.6. The van der Waals surface area contributed by atoms with Crippen molar-refractivity contribution in [3.8, 4) is 0 Å². The standard InChI is InChI=1S/C16H16Cl2N2O3S2/c1-20(2)25(22,23)12-6-3-5-11(9-12)19-15(21)10-24-16-13(17)7-4-8-14(16)18/h3-9H,10H2,1-2H3,(H,19,21). The number of rotatable bonds is 6. The Balaban J connectivity index is 2.06. The number of nitrogens with zero attached hydrogens (tertiary/aromatic N) is 1. The van der Waals surface area contributed by atoms with Gasteiger partial charge in [-0.3, -0.25) is 4.79 Å². The highest BCUT2D eigenvalue weighted by Crippen LogP contribution is 2.33. The quantitative estimate of drug-likeness (QED) is 0.720. The highest BCUT2D eigenvalue weighted by atomic mass is 35.5. The van der Waals surface area contributed by atoms with Gasteiger partial charge in [0.2, 0.25) is 15.9 Å². The molecule has 2 aromatic carbocycles. The first-order valence-electron chi connectivity index (χ1n) is 7.11. The number of carbonyl (C=O) groups is 1. The Morgan fingerprint density at radius 3 is 2.32 bits per heavy atom. The van der Waals surface area contributed by atoms with Crippen molar-refractivity contribution in [3.63, 3.8) is 0 Å². The second-order valence-electron chi connectivity index (χ2n) is 5.20. The summed E-state index contributed by atoms with van der Waals surface area (Å²) in [5, 5.41) is 3.63. The third-order valence-electron chi connectivity index (χ3n) is 3.16. The fourth-order valence-corrected chi connectivity index (χ4v) is 4.33. The molecule has 5 nitrogen and oxygen atoms in total. The molecule has 0 fully saturated rings. The van der Waals surface area contributed by atoms with Gasteiger partial charge >= 0.3 is 0 Å². The third-order valence-corrected chi connectivity index (χ3v) is 6.96. The average Bonchev–Trinajstić information content (AvgIpc) is 2.54. The average molecular weight is 419 g/mol. The summed E-state index contributed by atoms with van der Waals surface area (Å²) < 4.78 is 25.4. The maximum absolute atomic E-state index is 12.1. The molecule has 0 aliphatic rings. The van der Waals surface area contributed by atoms with Gasteiger partial charge in [-0.05, 0) is 30.3 Å². The number of hydrogen-bond acceptors (Lipinski definition) is 4. The third kappa shape index (κ3) is 5.12. The van der Waals surface area contributed by atoms with E-state index in [0.717, 1.165) is 4.31 Å². The van der Waals surface area contributed by atoms with Crippen molar-refractivity contribution < 1.29 is 13.2 Å². The van der Waals surface area contributed by atoms with Crippen LogP contribution in [0.15, 0.2) is 52.3 Å². The van der Waals surface area contributed by atoms with Crippen LogP contribution in [0.2, 0.25) is 10.0 Å². The second-order valence-corrected chi connectivity index (χ2v) is 9.15. The Labute approximate surface area is 161 Å². The summed E-state index contributed by atoms with van der Waals surface area (Å²) in [6.45, 7) is 0. The van der Waals surface area contributed by atoms with E-state index in [1.165, 1.54) is 38.0 Å². The van der Waals surface area contributed by atoms with Crippen LogP contribution in [-0.4, -0.2) is 38.5 Å². The topological polar surface area (TPSA) is 66.5 Å². The number of benzene rings is 2. The number of thioether (sulfide) groups is 1. The number of sulfonamides is 1. The maximum Gasteiger partial charge on any atom is 0.242 e. The molecule has 134 valence electrons. The summed E-state index contributed by atoms with van der Waals surface area (Å²) in [6, 6.07) is 11.2. The molecule has 0 aliphatic carbocycles. The van der Waals surface area contributed by atoms with E-state index >= 15 is 0 Å². The van der Waals surface area contributed by atoms with E-state index in [1.54, 1.807) is 30.3 Å². The van der Waals surface area contributed by atoms with Crippen LogP contribution in [0.5, 0.6) is 0 Å². The first kappa shape index (κ1) is 20.1. The van der Waals surface area contributed by atoms with E-state index in [0.29, 0.717) is 20.6 Å². The molecule has 2 rings (SSSR count). The van der Waals surface area contributed by atoms with Crippen molar-refractivity contribution in [1.82, 2.24) is 4.31 Å². The molecule has 0 aliphatic heterocycles. The minimum absolute atomic E-state index is 0.0914. The van der Waals surface area contributed by atoms with Gasteiger partial charge in [0, 0.05) is 24.7 Å². The lowest BCUT2D eigenvalue weighted by atomic mass is 10.3. The molecular weight excluding hydrogens is 403 g/mol. The van der Waals surface area contributed by atoms with Crippen LogP contribution in [0.3, 0.4) is 0 Å². The molecule has 0 atom stereocenters. The van der Waals surface area contributed by atoms with E-state index in [2.05, 4.69) is 5.32 Å². The molecule has 0 heterocycles.